The predicted molar refractivity (Wildman–Crippen MR) is 102 cm³/mol. The summed E-state index contributed by atoms with van der Waals surface area (Å²) in [4.78, 5) is 40.3. The molecular weight excluding hydrogens is 370 g/mol. The van der Waals surface area contributed by atoms with E-state index >= 15 is 0 Å². The van der Waals surface area contributed by atoms with Crippen LogP contribution in [0, 0.1) is 0 Å². The van der Waals surface area contributed by atoms with E-state index in [0.717, 1.165) is 6.42 Å². The van der Waals surface area contributed by atoms with Crippen LogP contribution >= 0.6 is 11.6 Å². The van der Waals surface area contributed by atoms with E-state index < -0.39 is 11.9 Å². The number of carbonyl (C=O) groups is 3. The molecule has 142 valence electrons. The highest BCUT2D eigenvalue weighted by Gasteiger charge is 2.15. The molecule has 0 bridgehead atoms. The predicted octanol–water partition coefficient (Wildman–Crippen LogP) is 3.30. The van der Waals surface area contributed by atoms with Gasteiger partial charge in [-0.1, -0.05) is 18.5 Å². The van der Waals surface area contributed by atoms with Gasteiger partial charge in [-0.2, -0.15) is 0 Å². The Morgan fingerprint density at radius 3 is 2.41 bits per heavy atom. The summed E-state index contributed by atoms with van der Waals surface area (Å²) in [6.07, 6.45) is 3.52. The summed E-state index contributed by atoms with van der Waals surface area (Å²) < 4.78 is 4.65. The van der Waals surface area contributed by atoms with Crippen LogP contribution < -0.4 is 10.6 Å². The van der Waals surface area contributed by atoms with E-state index in [4.69, 9.17) is 11.6 Å². The quantitative estimate of drug-likeness (QED) is 0.739. The molecule has 0 radical (unpaired) electrons. The van der Waals surface area contributed by atoms with Gasteiger partial charge in [0, 0.05) is 18.4 Å². The lowest BCUT2D eigenvalue weighted by Crippen LogP contribution is -2.32. The number of rotatable bonds is 6. The summed E-state index contributed by atoms with van der Waals surface area (Å²) in [5, 5.41) is 5.69. The van der Waals surface area contributed by atoms with Gasteiger partial charge in [0.15, 0.2) is 0 Å². The Hall–Kier alpha value is -2.93. The van der Waals surface area contributed by atoms with E-state index in [1.165, 1.54) is 43.8 Å². The van der Waals surface area contributed by atoms with Crippen molar-refractivity contribution in [2.75, 3.05) is 12.4 Å². The van der Waals surface area contributed by atoms with Gasteiger partial charge in [-0.15, -0.1) is 0 Å². The fourth-order valence-electron chi connectivity index (χ4n) is 2.16. The van der Waals surface area contributed by atoms with Crippen molar-refractivity contribution in [2.45, 2.75) is 26.3 Å². The van der Waals surface area contributed by atoms with Crippen molar-refractivity contribution in [1.82, 2.24) is 10.3 Å². The van der Waals surface area contributed by atoms with Crippen LogP contribution in [0.15, 0.2) is 36.7 Å². The molecule has 2 N–H and O–H groups in total. The van der Waals surface area contributed by atoms with Gasteiger partial charge >= 0.3 is 5.97 Å². The third-order valence-corrected chi connectivity index (χ3v) is 4.22. The van der Waals surface area contributed by atoms with E-state index in [1.807, 2.05) is 13.8 Å². The molecule has 7 nitrogen and oxygen atoms in total. The summed E-state index contributed by atoms with van der Waals surface area (Å²) in [6, 6.07) is 5.84. The van der Waals surface area contributed by atoms with Crippen molar-refractivity contribution in [3.8, 4) is 0 Å². The first kappa shape index (κ1) is 20.4. The van der Waals surface area contributed by atoms with E-state index in [-0.39, 0.29) is 39.3 Å². The van der Waals surface area contributed by atoms with E-state index in [0.29, 0.717) is 0 Å². The lowest BCUT2D eigenvalue weighted by Gasteiger charge is -2.12. The van der Waals surface area contributed by atoms with Gasteiger partial charge in [0.25, 0.3) is 11.8 Å². The SMILES string of the molecule is CCC(C)NC(=O)c1cncc(C(=O)Nc2cc(C(=O)OC)ccc2Cl)c1. The number of amides is 2. The molecule has 2 rings (SSSR count). The van der Waals surface area contributed by atoms with Gasteiger partial charge in [-0.05, 0) is 37.6 Å². The van der Waals surface area contributed by atoms with Crippen molar-refractivity contribution in [3.63, 3.8) is 0 Å². The second-order valence-corrected chi connectivity index (χ2v) is 6.29. The molecule has 2 aromatic rings. The first-order valence-electron chi connectivity index (χ1n) is 8.30. The van der Waals surface area contributed by atoms with Gasteiger partial charge < -0.3 is 15.4 Å². The maximum atomic E-state index is 12.5. The van der Waals surface area contributed by atoms with Crippen molar-refractivity contribution in [2.24, 2.45) is 0 Å². The Kier molecular flexibility index (Phi) is 6.90. The van der Waals surface area contributed by atoms with Crippen LogP contribution in [0.4, 0.5) is 5.69 Å². The number of ether oxygens (including phenoxy) is 1. The number of halogens is 1. The Morgan fingerprint density at radius 2 is 1.78 bits per heavy atom. The second kappa shape index (κ2) is 9.14. The van der Waals surface area contributed by atoms with Crippen LogP contribution in [0.5, 0.6) is 0 Å². The summed E-state index contributed by atoms with van der Waals surface area (Å²) in [5.41, 5.74) is 0.958. The number of methoxy groups -OCH3 is 1. The highest BCUT2D eigenvalue weighted by Crippen LogP contribution is 2.24. The Labute approximate surface area is 162 Å². The maximum Gasteiger partial charge on any atom is 0.337 e. The monoisotopic (exact) mass is 389 g/mol. The largest absolute Gasteiger partial charge is 0.465 e. The molecule has 1 unspecified atom stereocenters. The number of anilines is 1. The summed E-state index contributed by atoms with van der Waals surface area (Å²) in [6.45, 7) is 3.84. The smallest absolute Gasteiger partial charge is 0.337 e. The third-order valence-electron chi connectivity index (χ3n) is 3.89. The van der Waals surface area contributed by atoms with Crippen LogP contribution in [-0.2, 0) is 4.74 Å². The zero-order valence-electron chi connectivity index (χ0n) is 15.2. The summed E-state index contributed by atoms with van der Waals surface area (Å²) in [5.74, 6) is -1.37. The first-order chi connectivity index (χ1) is 12.8. The van der Waals surface area contributed by atoms with Crippen LogP contribution in [-0.4, -0.2) is 35.9 Å². The molecule has 0 aliphatic carbocycles. The molecular formula is C19H20ClN3O4. The fraction of sp³-hybridized carbons (Fsp3) is 0.263. The average molecular weight is 390 g/mol. The van der Waals surface area contributed by atoms with Crippen LogP contribution in [0.25, 0.3) is 0 Å². The second-order valence-electron chi connectivity index (χ2n) is 5.89. The average Bonchev–Trinajstić information content (AvgIpc) is 2.68. The number of nitrogens with one attached hydrogen (secondary N) is 2. The number of hydrogen-bond donors (Lipinski definition) is 2. The number of carbonyl (C=O) groups excluding carboxylic acids is 3. The molecule has 1 aromatic heterocycles. The number of hydrogen-bond acceptors (Lipinski definition) is 5. The minimum atomic E-state index is -0.549. The van der Waals surface area contributed by atoms with Crippen molar-refractivity contribution in [1.29, 1.82) is 0 Å². The maximum absolute atomic E-state index is 12.5. The van der Waals surface area contributed by atoms with E-state index in [9.17, 15) is 14.4 Å². The zero-order valence-corrected chi connectivity index (χ0v) is 16.0. The van der Waals surface area contributed by atoms with Gasteiger partial charge in [-0.25, -0.2) is 4.79 Å². The van der Waals surface area contributed by atoms with Gasteiger partial charge in [0.2, 0.25) is 0 Å². The van der Waals surface area contributed by atoms with Crippen molar-refractivity contribution >= 4 is 35.1 Å². The lowest BCUT2D eigenvalue weighted by atomic mass is 10.1. The van der Waals surface area contributed by atoms with Gasteiger partial charge in [-0.3, -0.25) is 14.6 Å². The number of esters is 1. The van der Waals surface area contributed by atoms with Gasteiger partial charge in [0.1, 0.15) is 0 Å². The fourth-order valence-corrected chi connectivity index (χ4v) is 2.32. The van der Waals surface area contributed by atoms with Crippen molar-refractivity contribution < 1.29 is 19.1 Å². The molecule has 0 fully saturated rings. The van der Waals surface area contributed by atoms with Crippen molar-refractivity contribution in [3.05, 3.63) is 58.4 Å². The minimum absolute atomic E-state index is 0.00912. The van der Waals surface area contributed by atoms with Crippen LogP contribution in [0.1, 0.15) is 51.3 Å². The Balaban J connectivity index is 2.20. The molecule has 2 amide bonds. The molecule has 0 spiro atoms. The normalized spacial score (nSPS) is 11.4. The Bertz CT molecular complexity index is 870. The molecule has 0 saturated carbocycles. The van der Waals surface area contributed by atoms with Crippen LogP contribution in [0.3, 0.4) is 0 Å². The highest BCUT2D eigenvalue weighted by molar-refractivity contribution is 6.34. The molecule has 27 heavy (non-hydrogen) atoms. The molecule has 8 heteroatoms. The number of aromatic nitrogens is 1. The number of pyridine rings is 1. The van der Waals surface area contributed by atoms with E-state index in [2.05, 4.69) is 20.4 Å². The number of benzene rings is 1. The number of nitrogens with zero attached hydrogens (tertiary/aromatic N) is 1. The zero-order chi connectivity index (χ0) is 20.0. The standard InChI is InChI=1S/C19H20ClN3O4/c1-4-11(2)22-17(24)13-7-14(10-21-9-13)18(25)23-16-8-12(19(26)27-3)5-6-15(16)20/h5-11H,4H2,1-3H3,(H,22,24)(H,23,25). The minimum Gasteiger partial charge on any atom is -0.465 e. The molecule has 0 aliphatic rings. The topological polar surface area (TPSA) is 97.4 Å². The van der Waals surface area contributed by atoms with E-state index in [1.54, 1.807) is 0 Å². The first-order valence-corrected chi connectivity index (χ1v) is 8.68. The summed E-state index contributed by atoms with van der Waals surface area (Å²) in [7, 11) is 1.26. The molecule has 0 saturated heterocycles. The third kappa shape index (κ3) is 5.27. The van der Waals surface area contributed by atoms with Gasteiger partial charge in [0.05, 0.1) is 34.5 Å². The Morgan fingerprint density at radius 1 is 1.11 bits per heavy atom. The molecule has 1 atom stereocenters. The molecule has 1 aromatic carbocycles. The highest BCUT2D eigenvalue weighted by atomic mass is 35.5. The summed E-state index contributed by atoms with van der Waals surface area (Å²) >= 11 is 6.08. The van der Waals surface area contributed by atoms with Crippen LogP contribution in [0.2, 0.25) is 5.02 Å². The lowest BCUT2D eigenvalue weighted by molar-refractivity contribution is 0.0600. The molecule has 0 aliphatic heterocycles. The molecule has 1 heterocycles.